The summed E-state index contributed by atoms with van der Waals surface area (Å²) < 4.78 is 36.1. The molecular weight excluding hydrogens is 566 g/mol. The van der Waals surface area contributed by atoms with Crippen molar-refractivity contribution in [2.75, 3.05) is 17.7 Å². The first-order chi connectivity index (χ1) is 20.5. The molecule has 1 unspecified atom stereocenters. The van der Waals surface area contributed by atoms with Gasteiger partial charge in [0.15, 0.2) is 0 Å². The lowest BCUT2D eigenvalue weighted by atomic mass is 9.86. The SMILES string of the molecule is CSC1(N2CCCc3cc(-c4cnn(C)c4)c(C(F)F)cc32)CC=C(c2ccc3c(c2)CN(C(=O)OC(C)(C)C)C3)CC1. The van der Waals surface area contributed by atoms with E-state index in [1.54, 1.807) is 35.1 Å². The lowest BCUT2D eigenvalue weighted by Gasteiger charge is -2.49. The van der Waals surface area contributed by atoms with Crippen molar-refractivity contribution in [3.05, 3.63) is 76.6 Å². The van der Waals surface area contributed by atoms with Gasteiger partial charge in [0.05, 0.1) is 11.1 Å². The number of hydrogen-bond acceptors (Lipinski definition) is 5. The highest BCUT2D eigenvalue weighted by atomic mass is 32.2. The number of hydrogen-bond donors (Lipinski definition) is 0. The van der Waals surface area contributed by atoms with Crippen LogP contribution in [0.25, 0.3) is 16.7 Å². The number of aryl methyl sites for hydroxylation is 2. The van der Waals surface area contributed by atoms with Gasteiger partial charge in [-0.3, -0.25) is 9.58 Å². The van der Waals surface area contributed by atoms with Gasteiger partial charge in [0.25, 0.3) is 6.43 Å². The smallest absolute Gasteiger partial charge is 0.410 e. The third-order valence-corrected chi connectivity index (χ3v) is 10.2. The molecule has 1 atom stereocenters. The minimum Gasteiger partial charge on any atom is -0.444 e. The van der Waals surface area contributed by atoms with Gasteiger partial charge < -0.3 is 9.64 Å². The van der Waals surface area contributed by atoms with E-state index in [0.717, 1.165) is 61.0 Å². The zero-order valence-corrected chi connectivity index (χ0v) is 26.4. The number of allylic oxidation sites excluding steroid dienone is 1. The Balaban J connectivity index is 1.25. The Morgan fingerprint density at radius 1 is 1.07 bits per heavy atom. The lowest BCUT2D eigenvalue weighted by molar-refractivity contribution is 0.0242. The van der Waals surface area contributed by atoms with Gasteiger partial charge in [-0.05, 0) is 111 Å². The van der Waals surface area contributed by atoms with E-state index in [0.29, 0.717) is 18.7 Å². The number of carbonyl (C=O) groups excluding carboxylic acids is 1. The Morgan fingerprint density at radius 3 is 2.51 bits per heavy atom. The number of aromatic nitrogens is 2. The predicted molar refractivity (Wildman–Crippen MR) is 169 cm³/mol. The number of anilines is 1. The molecule has 0 saturated heterocycles. The number of alkyl halides is 2. The van der Waals surface area contributed by atoms with Crippen molar-refractivity contribution >= 4 is 29.1 Å². The van der Waals surface area contributed by atoms with Crippen LogP contribution in [0.3, 0.4) is 0 Å². The largest absolute Gasteiger partial charge is 0.444 e. The number of ether oxygens (including phenoxy) is 1. The van der Waals surface area contributed by atoms with Crippen molar-refractivity contribution in [3.8, 4) is 11.1 Å². The first kappa shape index (κ1) is 29.7. The summed E-state index contributed by atoms with van der Waals surface area (Å²) in [5, 5.41) is 4.22. The summed E-state index contributed by atoms with van der Waals surface area (Å²) in [6.07, 6.45) is 9.63. The van der Waals surface area contributed by atoms with Crippen LogP contribution >= 0.6 is 11.8 Å². The molecule has 0 spiro atoms. The van der Waals surface area contributed by atoms with Crippen molar-refractivity contribution in [2.45, 2.75) is 82.9 Å². The highest BCUT2D eigenvalue weighted by Crippen LogP contribution is 2.49. The first-order valence-electron chi connectivity index (χ1n) is 15.0. The molecule has 1 amide bonds. The van der Waals surface area contributed by atoms with Gasteiger partial charge in [0, 0.05) is 49.7 Å². The average molecular weight is 607 g/mol. The van der Waals surface area contributed by atoms with Gasteiger partial charge in [-0.1, -0.05) is 18.2 Å². The second-order valence-electron chi connectivity index (χ2n) is 12.9. The minimum absolute atomic E-state index is 0.0699. The second kappa shape index (κ2) is 11.3. The minimum atomic E-state index is -2.57. The molecular formula is C34H40F2N4O2S. The molecule has 1 aromatic heterocycles. The maximum absolute atomic E-state index is 14.4. The van der Waals surface area contributed by atoms with Crippen LogP contribution < -0.4 is 4.90 Å². The standard InChI is InChI=1S/C34H40F2N4O2S/c1-33(2,3)42-32(41)39-20-25-9-8-23(15-26(25)21-39)22-10-12-34(43-5,13-11-22)40-14-6-7-24-16-28(27-18-37-38(4)19-27)29(31(35)36)17-30(24)40/h8-10,15-19,31H,6-7,11-14,20-21H2,1-5H3. The molecule has 3 aromatic rings. The zero-order chi connectivity index (χ0) is 30.5. The highest BCUT2D eigenvalue weighted by molar-refractivity contribution is 8.00. The summed E-state index contributed by atoms with van der Waals surface area (Å²) in [6.45, 7) is 7.63. The van der Waals surface area contributed by atoms with Crippen molar-refractivity contribution in [1.29, 1.82) is 0 Å². The Hall–Kier alpha value is -3.33. The maximum Gasteiger partial charge on any atom is 0.410 e. The Bertz CT molecular complexity index is 1580. The quantitative estimate of drug-likeness (QED) is 0.292. The van der Waals surface area contributed by atoms with Crippen LogP contribution in [0.15, 0.2) is 48.8 Å². The molecule has 2 aliphatic heterocycles. The summed E-state index contributed by atoms with van der Waals surface area (Å²) in [4.78, 5) is 16.6. The number of halogens is 2. The van der Waals surface area contributed by atoms with Crippen LogP contribution in [0.1, 0.15) is 80.7 Å². The Morgan fingerprint density at radius 2 is 1.86 bits per heavy atom. The number of amides is 1. The summed E-state index contributed by atoms with van der Waals surface area (Å²) >= 11 is 1.83. The van der Waals surface area contributed by atoms with Crippen molar-refractivity contribution in [3.63, 3.8) is 0 Å². The van der Waals surface area contributed by atoms with E-state index in [1.807, 2.05) is 38.6 Å². The molecule has 0 bridgehead atoms. The maximum atomic E-state index is 14.4. The van der Waals surface area contributed by atoms with E-state index in [2.05, 4.69) is 40.5 Å². The number of nitrogens with zero attached hydrogens (tertiary/aromatic N) is 4. The molecule has 9 heteroatoms. The van der Waals surface area contributed by atoms with E-state index in [9.17, 15) is 13.6 Å². The van der Waals surface area contributed by atoms with Crippen LogP contribution in [0.2, 0.25) is 0 Å². The number of carbonyl (C=O) groups is 1. The molecule has 43 heavy (non-hydrogen) atoms. The van der Waals surface area contributed by atoms with Crippen LogP contribution in [-0.4, -0.2) is 44.0 Å². The number of benzene rings is 2. The normalized spacial score (nSPS) is 20.2. The van der Waals surface area contributed by atoms with E-state index >= 15 is 0 Å². The molecule has 0 fully saturated rings. The topological polar surface area (TPSA) is 50.6 Å². The molecule has 3 heterocycles. The van der Waals surface area contributed by atoms with E-state index in [1.165, 1.54) is 16.7 Å². The van der Waals surface area contributed by atoms with Crippen molar-refractivity contribution in [2.24, 2.45) is 7.05 Å². The predicted octanol–water partition coefficient (Wildman–Crippen LogP) is 8.35. The molecule has 3 aliphatic rings. The highest BCUT2D eigenvalue weighted by Gasteiger charge is 2.40. The van der Waals surface area contributed by atoms with Crippen LogP contribution in [-0.2, 0) is 31.3 Å². The summed E-state index contributed by atoms with van der Waals surface area (Å²) in [5.74, 6) is 0. The summed E-state index contributed by atoms with van der Waals surface area (Å²) in [7, 11) is 1.81. The summed E-state index contributed by atoms with van der Waals surface area (Å²) in [5.41, 5.74) is 7.76. The fourth-order valence-electron chi connectivity index (χ4n) is 6.73. The first-order valence-corrected chi connectivity index (χ1v) is 16.2. The number of thioether (sulfide) groups is 1. The van der Waals surface area contributed by atoms with Gasteiger partial charge in [-0.25, -0.2) is 13.6 Å². The number of rotatable bonds is 5. The fourth-order valence-corrected chi connectivity index (χ4v) is 7.70. The Kier molecular flexibility index (Phi) is 7.82. The average Bonchev–Trinajstić information content (AvgIpc) is 3.61. The zero-order valence-electron chi connectivity index (χ0n) is 25.6. The van der Waals surface area contributed by atoms with Gasteiger partial charge in [0.2, 0.25) is 0 Å². The molecule has 0 N–H and O–H groups in total. The van der Waals surface area contributed by atoms with E-state index < -0.39 is 12.0 Å². The molecule has 6 rings (SSSR count). The Labute approximate surface area is 257 Å². The van der Waals surface area contributed by atoms with E-state index in [-0.39, 0.29) is 16.5 Å². The van der Waals surface area contributed by atoms with Gasteiger partial charge >= 0.3 is 6.09 Å². The molecule has 0 radical (unpaired) electrons. The van der Waals surface area contributed by atoms with Crippen molar-refractivity contribution in [1.82, 2.24) is 14.7 Å². The van der Waals surface area contributed by atoms with E-state index in [4.69, 9.17) is 4.74 Å². The van der Waals surface area contributed by atoms with Crippen LogP contribution in [0.4, 0.5) is 19.3 Å². The lowest BCUT2D eigenvalue weighted by Crippen LogP contribution is -2.49. The molecule has 0 saturated carbocycles. The van der Waals surface area contributed by atoms with Gasteiger partial charge in [-0.2, -0.15) is 5.10 Å². The van der Waals surface area contributed by atoms with Crippen LogP contribution in [0, 0.1) is 0 Å². The fraction of sp³-hybridized carbons (Fsp3) is 0.471. The molecule has 6 nitrogen and oxygen atoms in total. The summed E-state index contributed by atoms with van der Waals surface area (Å²) in [6, 6.07) is 10.3. The molecule has 228 valence electrons. The third-order valence-electron chi connectivity index (χ3n) is 8.90. The monoisotopic (exact) mass is 606 g/mol. The van der Waals surface area contributed by atoms with Crippen LogP contribution in [0.5, 0.6) is 0 Å². The third kappa shape index (κ3) is 5.80. The van der Waals surface area contributed by atoms with Gasteiger partial charge in [0.1, 0.15) is 5.60 Å². The number of fused-ring (bicyclic) bond motifs is 2. The second-order valence-corrected chi connectivity index (χ2v) is 14.1. The molecule has 1 aliphatic carbocycles. The van der Waals surface area contributed by atoms with Gasteiger partial charge in [-0.15, -0.1) is 11.8 Å². The molecule has 2 aromatic carbocycles. The van der Waals surface area contributed by atoms with Crippen molar-refractivity contribution < 1.29 is 18.3 Å².